The van der Waals surface area contributed by atoms with Gasteiger partial charge in [0.25, 0.3) is 0 Å². The zero-order chi connectivity index (χ0) is 40.4. The number of esters is 2. The molecule has 292 valence electrons. The maximum atomic E-state index is 14.5. The second-order valence-corrected chi connectivity index (χ2v) is 14.9. The van der Waals surface area contributed by atoms with Gasteiger partial charge >= 0.3 is 11.9 Å². The summed E-state index contributed by atoms with van der Waals surface area (Å²) in [4.78, 5) is 38.7. The monoisotopic (exact) mass is 807 g/mol. The van der Waals surface area contributed by atoms with Crippen LogP contribution in [0.2, 0.25) is 5.02 Å². The normalized spacial score (nSPS) is 11.4. The molecule has 3 heterocycles. The molecule has 0 aliphatic carbocycles. The molecular weight excluding hydrogens is 769 g/mol. The molecule has 0 atom stereocenters. The van der Waals surface area contributed by atoms with Crippen LogP contribution in [0, 0.1) is 19.7 Å². The third kappa shape index (κ3) is 7.90. The zero-order valence-electron chi connectivity index (χ0n) is 32.0. The molecule has 4 aromatic carbocycles. The van der Waals surface area contributed by atoms with Gasteiger partial charge in [0.05, 0.1) is 19.3 Å². The first-order valence-electron chi connectivity index (χ1n) is 18.1. The van der Waals surface area contributed by atoms with Gasteiger partial charge in [-0.05, 0) is 91.9 Å². The van der Waals surface area contributed by atoms with Gasteiger partial charge in [-0.1, -0.05) is 29.8 Å². The largest absolute Gasteiger partial charge is 0.493 e. The number of ether oxygens (including phenoxy) is 3. The van der Waals surface area contributed by atoms with Crippen molar-refractivity contribution in [1.82, 2.24) is 24.1 Å². The van der Waals surface area contributed by atoms with E-state index in [1.807, 2.05) is 55.8 Å². The maximum absolute atomic E-state index is 14.5. The number of hydrogen-bond donors (Lipinski definition) is 0. The first-order chi connectivity index (χ1) is 27.5. The molecular formula is C43H39ClFN5O6S. The first kappa shape index (κ1) is 39.3. The van der Waals surface area contributed by atoms with Crippen molar-refractivity contribution in [3.05, 3.63) is 129 Å². The summed E-state index contributed by atoms with van der Waals surface area (Å²) in [6.07, 6.45) is 1.21. The Balaban J connectivity index is 1.10. The molecule has 0 unspecified atom stereocenters. The fraction of sp³-hybridized carbons (Fsp3) is 0.233. The molecule has 0 radical (unpaired) electrons. The minimum Gasteiger partial charge on any atom is -0.493 e. The minimum atomic E-state index is -0.503. The molecule has 0 amide bonds. The van der Waals surface area contributed by atoms with Crippen LogP contribution in [-0.2, 0) is 42.5 Å². The molecule has 14 heteroatoms. The van der Waals surface area contributed by atoms with Crippen LogP contribution in [0.5, 0.6) is 5.75 Å². The Labute approximate surface area is 337 Å². The average molecular weight is 808 g/mol. The van der Waals surface area contributed by atoms with E-state index in [0.29, 0.717) is 74.8 Å². The number of aryl methyl sites for hydroxylation is 4. The molecule has 0 bridgehead atoms. The molecule has 0 fully saturated rings. The zero-order valence-corrected chi connectivity index (χ0v) is 33.5. The lowest BCUT2D eigenvalue weighted by Crippen LogP contribution is -2.13. The van der Waals surface area contributed by atoms with E-state index in [2.05, 4.69) is 10.2 Å². The molecule has 0 saturated carbocycles. The van der Waals surface area contributed by atoms with Crippen molar-refractivity contribution < 1.29 is 33.0 Å². The average Bonchev–Trinajstić information content (AvgIpc) is 3.82. The molecule has 0 N–H and O–H groups in total. The molecule has 7 aromatic rings. The molecule has 11 nitrogen and oxygen atoms in total. The highest BCUT2D eigenvalue weighted by molar-refractivity contribution is 7.98. The predicted molar refractivity (Wildman–Crippen MR) is 218 cm³/mol. The van der Waals surface area contributed by atoms with E-state index in [9.17, 15) is 18.8 Å². The summed E-state index contributed by atoms with van der Waals surface area (Å²) >= 11 is 8.37. The van der Waals surface area contributed by atoms with E-state index in [0.717, 1.165) is 32.6 Å². The lowest BCUT2D eigenvalue weighted by Gasteiger charge is -2.14. The Morgan fingerprint density at radius 3 is 2.47 bits per heavy atom. The molecule has 57 heavy (non-hydrogen) atoms. The number of aldehydes is 1. The third-order valence-electron chi connectivity index (χ3n) is 9.93. The molecule has 0 saturated heterocycles. The number of hydrogen-bond acceptors (Lipinski definition) is 9. The second-order valence-electron chi connectivity index (χ2n) is 13.5. The molecule has 3 aromatic heterocycles. The van der Waals surface area contributed by atoms with Crippen molar-refractivity contribution in [1.29, 1.82) is 0 Å². The van der Waals surface area contributed by atoms with Gasteiger partial charge in [0.1, 0.15) is 35.3 Å². The van der Waals surface area contributed by atoms with Gasteiger partial charge in [0, 0.05) is 75.1 Å². The number of rotatable bonds is 14. The number of aromatic nitrogens is 5. The Morgan fingerprint density at radius 1 is 0.930 bits per heavy atom. The van der Waals surface area contributed by atoms with Gasteiger partial charge in [0.2, 0.25) is 0 Å². The van der Waals surface area contributed by atoms with Gasteiger partial charge in [-0.15, -0.1) is 11.8 Å². The number of nitrogens with zero attached hydrogens (tertiary/aromatic N) is 5. The number of benzene rings is 4. The fourth-order valence-corrected chi connectivity index (χ4v) is 8.33. The minimum absolute atomic E-state index is 0.0408. The topological polar surface area (TPSA) is 119 Å². The van der Waals surface area contributed by atoms with E-state index in [4.69, 9.17) is 25.8 Å². The summed E-state index contributed by atoms with van der Waals surface area (Å²) in [7, 11) is 4.94. The van der Waals surface area contributed by atoms with E-state index >= 15 is 0 Å². The van der Waals surface area contributed by atoms with Crippen LogP contribution in [0.4, 0.5) is 4.39 Å². The number of fused-ring (bicyclic) bond motifs is 2. The van der Waals surface area contributed by atoms with Crippen LogP contribution in [0.3, 0.4) is 0 Å². The molecule has 0 aliphatic rings. The Hall–Kier alpha value is -5.92. The summed E-state index contributed by atoms with van der Waals surface area (Å²) in [6, 6.07) is 22.8. The fourth-order valence-electron chi connectivity index (χ4n) is 7.09. The second kappa shape index (κ2) is 16.7. The van der Waals surface area contributed by atoms with Crippen molar-refractivity contribution >= 4 is 63.3 Å². The van der Waals surface area contributed by atoms with Gasteiger partial charge in [0.15, 0.2) is 6.29 Å². The van der Waals surface area contributed by atoms with Crippen LogP contribution in [0.15, 0.2) is 83.8 Å². The molecule has 0 spiro atoms. The predicted octanol–water partition coefficient (Wildman–Crippen LogP) is 9.06. The Morgan fingerprint density at radius 2 is 1.72 bits per heavy atom. The number of halogens is 2. The van der Waals surface area contributed by atoms with Crippen molar-refractivity contribution in [2.24, 2.45) is 14.1 Å². The number of carbonyl (C=O) groups excluding carboxylic acids is 3. The van der Waals surface area contributed by atoms with Gasteiger partial charge in [-0.2, -0.15) is 10.2 Å². The van der Waals surface area contributed by atoms with E-state index < -0.39 is 11.9 Å². The number of thioether (sulfide) groups is 1. The van der Waals surface area contributed by atoms with Crippen molar-refractivity contribution in [2.75, 3.05) is 13.7 Å². The summed E-state index contributed by atoms with van der Waals surface area (Å²) in [5.74, 6) is -0.137. The van der Waals surface area contributed by atoms with Crippen molar-refractivity contribution in [2.45, 2.75) is 44.1 Å². The first-order valence-corrected chi connectivity index (χ1v) is 19.5. The number of methoxy groups -OCH3 is 1. The summed E-state index contributed by atoms with van der Waals surface area (Å²) in [6.45, 7) is 4.43. The maximum Gasteiger partial charge on any atom is 0.354 e. The third-order valence-corrected chi connectivity index (χ3v) is 11.3. The standard InChI is InChI=1S/C43H39ClFN5O6S/c1-25-38-36(15-14-34(44)40(38)39-26(2)48(3)47-35(39)22-51)50(41(25)43(53)54-5)16-9-17-55-37-21-32(19-28-18-29(45)12-13-33(28)37)57-24-31-20-30(46-49(31)4)23-56-42(52)27-10-7-6-8-11-27/h6-8,10-15,18-22H,9,16-17,23-24H2,1-5H3. The smallest absolute Gasteiger partial charge is 0.354 e. The van der Waals surface area contributed by atoms with Crippen LogP contribution in [-0.4, -0.2) is 56.1 Å². The highest BCUT2D eigenvalue weighted by atomic mass is 35.5. The van der Waals surface area contributed by atoms with Gasteiger partial charge < -0.3 is 18.8 Å². The SMILES string of the molecule is COC(=O)c1c(C)c2c(-c3c(C=O)nn(C)c3C)c(Cl)ccc2n1CCCOc1cc(SCc2cc(COC(=O)c3ccccc3)nn2C)cc2cc(F)ccc12. The van der Waals surface area contributed by atoms with Crippen LogP contribution < -0.4 is 4.74 Å². The highest BCUT2D eigenvalue weighted by Crippen LogP contribution is 2.42. The number of carbonyl (C=O) groups is 3. The highest BCUT2D eigenvalue weighted by Gasteiger charge is 2.27. The quantitative estimate of drug-likeness (QED) is 0.0459. The summed E-state index contributed by atoms with van der Waals surface area (Å²) in [5, 5.41) is 11.5. The van der Waals surface area contributed by atoms with Gasteiger partial charge in [-0.3, -0.25) is 14.2 Å². The Bertz CT molecular complexity index is 2670. The Kier molecular flexibility index (Phi) is 11.5. The van der Waals surface area contributed by atoms with Crippen LogP contribution in [0.25, 0.3) is 32.8 Å². The molecule has 7 rings (SSSR count). The van der Waals surface area contributed by atoms with Crippen molar-refractivity contribution in [3.63, 3.8) is 0 Å². The van der Waals surface area contributed by atoms with Crippen molar-refractivity contribution in [3.8, 4) is 16.9 Å². The van der Waals surface area contributed by atoms with E-state index in [1.165, 1.54) is 19.2 Å². The summed E-state index contributed by atoms with van der Waals surface area (Å²) < 4.78 is 36.8. The van der Waals surface area contributed by atoms with Crippen LogP contribution >= 0.6 is 23.4 Å². The summed E-state index contributed by atoms with van der Waals surface area (Å²) in [5.41, 5.74) is 6.04. The lowest BCUT2D eigenvalue weighted by molar-refractivity contribution is 0.0466. The van der Waals surface area contributed by atoms with E-state index in [1.54, 1.807) is 64.6 Å². The lowest BCUT2D eigenvalue weighted by atomic mass is 9.97. The van der Waals surface area contributed by atoms with E-state index in [-0.39, 0.29) is 24.7 Å². The van der Waals surface area contributed by atoms with Crippen LogP contribution in [0.1, 0.15) is 60.4 Å². The molecule has 0 aliphatic heterocycles. The van der Waals surface area contributed by atoms with Gasteiger partial charge in [-0.25, -0.2) is 14.0 Å².